The number of imidazole rings is 1. The van der Waals surface area contributed by atoms with E-state index in [1.807, 2.05) is 22.6 Å². The average Bonchev–Trinajstić information content (AvgIpc) is 2.52. The number of nitro benzene ring substituents is 1. The number of hydrogen-bond acceptors (Lipinski definition) is 3. The van der Waals surface area contributed by atoms with Crippen molar-refractivity contribution in [2.24, 2.45) is 0 Å². The van der Waals surface area contributed by atoms with E-state index in [1.54, 1.807) is 6.07 Å². The summed E-state index contributed by atoms with van der Waals surface area (Å²) in [5.74, 6) is 0. The number of nitro groups is 1. The number of hydrogen-bond donors (Lipinski definition) is 1. The van der Waals surface area contributed by atoms with Crippen LogP contribution >= 0.6 is 22.6 Å². The standard InChI is InChI=1S/C7H4IN3O2/c8-6-5(11(12)13)2-1-4-7(6)10-3-9-4/h1-3H,(H,9,10). The van der Waals surface area contributed by atoms with Gasteiger partial charge in [0.1, 0.15) is 9.09 Å². The van der Waals surface area contributed by atoms with Crippen LogP contribution in [0.3, 0.4) is 0 Å². The lowest BCUT2D eigenvalue weighted by Crippen LogP contribution is -1.91. The van der Waals surface area contributed by atoms with Crippen molar-refractivity contribution >= 4 is 39.3 Å². The Balaban J connectivity index is 2.80. The Hall–Kier alpha value is -1.18. The van der Waals surface area contributed by atoms with Gasteiger partial charge in [-0.1, -0.05) is 0 Å². The highest BCUT2D eigenvalue weighted by molar-refractivity contribution is 14.1. The fourth-order valence-corrected chi connectivity index (χ4v) is 1.91. The van der Waals surface area contributed by atoms with E-state index in [1.165, 1.54) is 12.4 Å². The second kappa shape index (κ2) is 2.95. The lowest BCUT2D eigenvalue weighted by molar-refractivity contribution is -0.385. The van der Waals surface area contributed by atoms with E-state index in [0.29, 0.717) is 9.09 Å². The quantitative estimate of drug-likeness (QED) is 0.496. The number of aromatic amines is 1. The molecular weight excluding hydrogens is 285 g/mol. The second-order valence-electron chi connectivity index (χ2n) is 2.45. The molecule has 0 aliphatic carbocycles. The lowest BCUT2D eigenvalue weighted by Gasteiger charge is -1.94. The Morgan fingerprint density at radius 1 is 1.54 bits per heavy atom. The van der Waals surface area contributed by atoms with E-state index < -0.39 is 4.92 Å². The number of nitrogens with zero attached hydrogens (tertiary/aromatic N) is 2. The fourth-order valence-electron chi connectivity index (χ4n) is 1.10. The average molecular weight is 289 g/mol. The lowest BCUT2D eigenvalue weighted by atomic mass is 10.3. The molecule has 13 heavy (non-hydrogen) atoms. The molecule has 0 unspecified atom stereocenters. The molecule has 0 spiro atoms. The number of fused-ring (bicyclic) bond motifs is 1. The third kappa shape index (κ3) is 1.26. The van der Waals surface area contributed by atoms with E-state index in [9.17, 15) is 10.1 Å². The zero-order valence-electron chi connectivity index (χ0n) is 6.32. The Kier molecular flexibility index (Phi) is 1.91. The molecule has 0 bridgehead atoms. The third-order valence-corrected chi connectivity index (χ3v) is 2.77. The molecule has 0 atom stereocenters. The van der Waals surface area contributed by atoms with Gasteiger partial charge in [0.05, 0.1) is 16.8 Å². The van der Waals surface area contributed by atoms with Gasteiger partial charge < -0.3 is 4.98 Å². The normalized spacial score (nSPS) is 10.5. The molecule has 6 heteroatoms. The number of H-pyrrole nitrogens is 1. The first-order chi connectivity index (χ1) is 6.20. The monoisotopic (exact) mass is 289 g/mol. The van der Waals surface area contributed by atoms with Crippen molar-refractivity contribution in [2.75, 3.05) is 0 Å². The van der Waals surface area contributed by atoms with Crippen LogP contribution in [0.25, 0.3) is 11.0 Å². The van der Waals surface area contributed by atoms with Crippen LogP contribution in [-0.4, -0.2) is 14.9 Å². The van der Waals surface area contributed by atoms with Crippen LogP contribution in [0.5, 0.6) is 0 Å². The first-order valence-electron chi connectivity index (χ1n) is 3.46. The van der Waals surface area contributed by atoms with Crippen molar-refractivity contribution in [2.45, 2.75) is 0 Å². The van der Waals surface area contributed by atoms with Gasteiger partial charge in [-0.25, -0.2) is 4.98 Å². The van der Waals surface area contributed by atoms with Crippen LogP contribution in [0.1, 0.15) is 0 Å². The first-order valence-corrected chi connectivity index (χ1v) is 4.54. The zero-order chi connectivity index (χ0) is 9.42. The SMILES string of the molecule is O=[N+]([O-])c1ccc2[nH]cnc2c1I. The van der Waals surface area contributed by atoms with Crippen LogP contribution in [-0.2, 0) is 0 Å². The minimum absolute atomic E-state index is 0.0974. The molecule has 1 N–H and O–H groups in total. The van der Waals surface area contributed by atoms with Crippen LogP contribution < -0.4 is 0 Å². The van der Waals surface area contributed by atoms with E-state index in [2.05, 4.69) is 9.97 Å². The van der Waals surface area contributed by atoms with Crippen molar-refractivity contribution in [1.82, 2.24) is 9.97 Å². The number of rotatable bonds is 1. The highest BCUT2D eigenvalue weighted by Crippen LogP contribution is 2.26. The fraction of sp³-hybridized carbons (Fsp3) is 0. The molecule has 0 radical (unpaired) electrons. The number of aromatic nitrogens is 2. The molecule has 0 saturated carbocycles. The Morgan fingerprint density at radius 3 is 3.00 bits per heavy atom. The molecule has 0 aliphatic heterocycles. The molecule has 0 fully saturated rings. The van der Waals surface area contributed by atoms with Gasteiger partial charge in [-0.2, -0.15) is 0 Å². The predicted octanol–water partition coefficient (Wildman–Crippen LogP) is 2.08. The van der Waals surface area contributed by atoms with Crippen LogP contribution in [0, 0.1) is 13.7 Å². The van der Waals surface area contributed by atoms with Gasteiger partial charge in [0, 0.05) is 6.07 Å². The molecule has 66 valence electrons. The van der Waals surface area contributed by atoms with Gasteiger partial charge in [0.2, 0.25) is 0 Å². The Bertz CT molecular complexity index is 480. The molecule has 0 saturated heterocycles. The molecule has 1 aromatic heterocycles. The van der Waals surface area contributed by atoms with Crippen molar-refractivity contribution in [3.8, 4) is 0 Å². The summed E-state index contributed by atoms with van der Waals surface area (Å²) in [4.78, 5) is 17.0. The van der Waals surface area contributed by atoms with E-state index in [0.717, 1.165) is 5.52 Å². The maximum atomic E-state index is 10.6. The molecule has 5 nitrogen and oxygen atoms in total. The highest BCUT2D eigenvalue weighted by Gasteiger charge is 2.15. The predicted molar refractivity (Wildman–Crippen MR) is 55.5 cm³/mol. The number of halogens is 1. The molecule has 1 heterocycles. The molecule has 1 aromatic carbocycles. The van der Waals surface area contributed by atoms with Gasteiger partial charge >= 0.3 is 0 Å². The molecular formula is C7H4IN3O2. The summed E-state index contributed by atoms with van der Waals surface area (Å²) < 4.78 is 0.571. The van der Waals surface area contributed by atoms with Gasteiger partial charge in [0.15, 0.2) is 0 Å². The minimum Gasteiger partial charge on any atom is -0.345 e. The van der Waals surface area contributed by atoms with E-state index in [4.69, 9.17) is 0 Å². The van der Waals surface area contributed by atoms with Crippen molar-refractivity contribution in [3.05, 3.63) is 32.1 Å². The molecule has 2 rings (SSSR count). The number of nitrogens with one attached hydrogen (secondary N) is 1. The van der Waals surface area contributed by atoms with E-state index >= 15 is 0 Å². The third-order valence-electron chi connectivity index (χ3n) is 1.71. The van der Waals surface area contributed by atoms with Crippen LogP contribution in [0.2, 0.25) is 0 Å². The van der Waals surface area contributed by atoms with Gasteiger partial charge in [0.25, 0.3) is 5.69 Å². The molecule has 0 amide bonds. The summed E-state index contributed by atoms with van der Waals surface area (Å²) in [7, 11) is 0. The Labute approximate surface area is 86.5 Å². The van der Waals surface area contributed by atoms with Crippen LogP contribution in [0.15, 0.2) is 18.5 Å². The summed E-state index contributed by atoms with van der Waals surface area (Å²) in [6.07, 6.45) is 1.52. The van der Waals surface area contributed by atoms with E-state index in [-0.39, 0.29) is 5.69 Å². The van der Waals surface area contributed by atoms with Gasteiger partial charge in [-0.3, -0.25) is 10.1 Å². The summed E-state index contributed by atoms with van der Waals surface area (Å²) in [5, 5.41) is 10.6. The summed E-state index contributed by atoms with van der Waals surface area (Å²) in [6, 6.07) is 3.13. The zero-order valence-corrected chi connectivity index (χ0v) is 8.48. The van der Waals surface area contributed by atoms with Crippen molar-refractivity contribution < 1.29 is 4.92 Å². The highest BCUT2D eigenvalue weighted by atomic mass is 127. The maximum Gasteiger partial charge on any atom is 0.285 e. The smallest absolute Gasteiger partial charge is 0.285 e. The molecule has 0 aliphatic rings. The van der Waals surface area contributed by atoms with Gasteiger partial charge in [-0.05, 0) is 28.7 Å². The first kappa shape index (κ1) is 8.42. The van der Waals surface area contributed by atoms with Gasteiger partial charge in [-0.15, -0.1) is 0 Å². The largest absolute Gasteiger partial charge is 0.345 e. The number of benzene rings is 1. The second-order valence-corrected chi connectivity index (χ2v) is 3.53. The van der Waals surface area contributed by atoms with Crippen LogP contribution in [0.4, 0.5) is 5.69 Å². The Morgan fingerprint density at radius 2 is 2.31 bits per heavy atom. The van der Waals surface area contributed by atoms with Crippen molar-refractivity contribution in [1.29, 1.82) is 0 Å². The van der Waals surface area contributed by atoms with Crippen molar-refractivity contribution in [3.63, 3.8) is 0 Å². The topological polar surface area (TPSA) is 71.8 Å². The summed E-state index contributed by atoms with van der Waals surface area (Å²) in [5.41, 5.74) is 1.56. The maximum absolute atomic E-state index is 10.6. The summed E-state index contributed by atoms with van der Waals surface area (Å²) in [6.45, 7) is 0. The molecule has 2 aromatic rings. The summed E-state index contributed by atoms with van der Waals surface area (Å²) >= 11 is 1.93. The minimum atomic E-state index is -0.407.